The Morgan fingerprint density at radius 1 is 1.27 bits per heavy atom. The molecule has 2 aliphatic rings. The van der Waals surface area contributed by atoms with E-state index in [-0.39, 0.29) is 35.3 Å². The second-order valence-corrected chi connectivity index (χ2v) is 9.68. The molecule has 6 nitrogen and oxygen atoms in total. The van der Waals surface area contributed by atoms with Crippen molar-refractivity contribution in [3.63, 3.8) is 0 Å². The van der Waals surface area contributed by atoms with Crippen LogP contribution in [-0.4, -0.2) is 31.2 Å². The molecule has 1 heterocycles. The number of fused-ring (bicyclic) bond motifs is 1. The van der Waals surface area contributed by atoms with Gasteiger partial charge in [-0.3, -0.25) is 9.59 Å². The number of hydrogen-bond acceptors (Lipinski definition) is 4. The quantitative estimate of drug-likeness (QED) is 0.795. The van der Waals surface area contributed by atoms with Crippen LogP contribution in [0.4, 0.5) is 5.69 Å². The van der Waals surface area contributed by atoms with Gasteiger partial charge in [-0.05, 0) is 43.4 Å². The zero-order chi connectivity index (χ0) is 18.7. The van der Waals surface area contributed by atoms with Gasteiger partial charge < -0.3 is 10.6 Å². The molecule has 1 saturated carbocycles. The Labute approximate surface area is 154 Å². The fourth-order valence-electron chi connectivity index (χ4n) is 3.72. The van der Waals surface area contributed by atoms with Crippen LogP contribution in [0.1, 0.15) is 62.6 Å². The predicted octanol–water partition coefficient (Wildman–Crippen LogP) is 2.50. The lowest BCUT2D eigenvalue weighted by atomic mass is 9.98. The molecule has 0 spiro atoms. The number of carbonyl (C=O) groups is 2. The number of rotatable bonds is 6. The Hall–Kier alpha value is -1.89. The summed E-state index contributed by atoms with van der Waals surface area (Å²) in [5.41, 5.74) is 2.84. The van der Waals surface area contributed by atoms with Crippen LogP contribution >= 0.6 is 0 Å². The van der Waals surface area contributed by atoms with Crippen molar-refractivity contribution in [1.82, 2.24) is 5.32 Å². The molecular weight excluding hydrogens is 352 g/mol. The summed E-state index contributed by atoms with van der Waals surface area (Å²) in [6.07, 6.45) is 4.55. The van der Waals surface area contributed by atoms with E-state index >= 15 is 0 Å². The Morgan fingerprint density at radius 2 is 2.00 bits per heavy atom. The van der Waals surface area contributed by atoms with Crippen LogP contribution in [0.15, 0.2) is 18.2 Å². The first kappa shape index (κ1) is 18.9. The molecule has 3 rings (SSSR count). The molecule has 1 aliphatic heterocycles. The van der Waals surface area contributed by atoms with Gasteiger partial charge in [0.2, 0.25) is 11.8 Å². The van der Waals surface area contributed by atoms with E-state index in [1.807, 2.05) is 25.1 Å². The van der Waals surface area contributed by atoms with E-state index in [9.17, 15) is 18.0 Å². The van der Waals surface area contributed by atoms with Gasteiger partial charge in [-0.1, -0.05) is 25.0 Å². The van der Waals surface area contributed by atoms with Crippen molar-refractivity contribution in [3.8, 4) is 0 Å². The highest BCUT2D eigenvalue weighted by atomic mass is 32.2. The van der Waals surface area contributed by atoms with Crippen molar-refractivity contribution in [3.05, 3.63) is 29.3 Å². The third-order valence-electron chi connectivity index (χ3n) is 5.33. The molecule has 0 radical (unpaired) electrons. The van der Waals surface area contributed by atoms with Gasteiger partial charge in [-0.25, -0.2) is 8.42 Å². The zero-order valence-corrected chi connectivity index (χ0v) is 15.9. The number of benzene rings is 1. The van der Waals surface area contributed by atoms with Crippen LogP contribution in [0.2, 0.25) is 0 Å². The van der Waals surface area contributed by atoms with E-state index in [4.69, 9.17) is 0 Å². The minimum Gasteiger partial charge on any atom is -0.350 e. The highest BCUT2D eigenvalue weighted by molar-refractivity contribution is 7.92. The molecule has 2 amide bonds. The summed E-state index contributed by atoms with van der Waals surface area (Å²) >= 11 is 0. The van der Waals surface area contributed by atoms with E-state index in [2.05, 4.69) is 10.6 Å². The number of nitrogens with one attached hydrogen (secondary N) is 2. The number of sulfone groups is 1. The fourth-order valence-corrected chi connectivity index (χ4v) is 5.57. The van der Waals surface area contributed by atoms with Gasteiger partial charge in [0.05, 0.1) is 17.0 Å². The normalized spacial score (nSPS) is 18.9. The SMILES string of the molecule is CC(NC(=O)CCS(=O)(=O)C1CCCC1)c1ccc2c(c1)CCC(=O)N2. The fraction of sp³-hybridized carbons (Fsp3) is 0.579. The molecule has 1 fully saturated rings. The van der Waals surface area contributed by atoms with Crippen molar-refractivity contribution >= 4 is 27.3 Å². The van der Waals surface area contributed by atoms with Gasteiger partial charge in [-0.2, -0.15) is 0 Å². The molecule has 1 atom stereocenters. The Morgan fingerprint density at radius 3 is 2.73 bits per heavy atom. The van der Waals surface area contributed by atoms with Crippen LogP contribution in [0, 0.1) is 0 Å². The largest absolute Gasteiger partial charge is 0.350 e. The Balaban J connectivity index is 1.55. The van der Waals surface area contributed by atoms with Gasteiger partial charge in [0, 0.05) is 18.5 Å². The number of amides is 2. The highest BCUT2D eigenvalue weighted by Crippen LogP contribution is 2.27. The number of aryl methyl sites for hydroxylation is 1. The van der Waals surface area contributed by atoms with Crippen molar-refractivity contribution in [2.45, 2.75) is 63.2 Å². The monoisotopic (exact) mass is 378 g/mol. The standard InChI is InChI=1S/C19H26N2O4S/c1-13(14-6-8-17-15(12-14)7-9-18(22)21-17)20-19(23)10-11-26(24,25)16-4-2-3-5-16/h6,8,12-13,16H,2-5,7,9-11H2,1H3,(H,20,23)(H,21,22). The first-order valence-corrected chi connectivity index (χ1v) is 11.0. The lowest BCUT2D eigenvalue weighted by molar-refractivity contribution is -0.121. The van der Waals surface area contributed by atoms with Crippen LogP contribution in [0.25, 0.3) is 0 Å². The molecule has 0 saturated heterocycles. The van der Waals surface area contributed by atoms with Gasteiger partial charge in [-0.15, -0.1) is 0 Å². The summed E-state index contributed by atoms with van der Waals surface area (Å²) < 4.78 is 24.5. The number of hydrogen-bond donors (Lipinski definition) is 2. The van der Waals surface area contributed by atoms with E-state index in [1.165, 1.54) is 0 Å². The van der Waals surface area contributed by atoms with Crippen LogP contribution in [-0.2, 0) is 25.8 Å². The summed E-state index contributed by atoms with van der Waals surface area (Å²) in [5, 5.41) is 5.46. The minimum absolute atomic E-state index is 0.00414. The van der Waals surface area contributed by atoms with Crippen molar-refractivity contribution < 1.29 is 18.0 Å². The molecule has 1 aromatic carbocycles. The van der Waals surface area contributed by atoms with E-state index < -0.39 is 9.84 Å². The Kier molecular flexibility index (Phi) is 5.65. The maximum Gasteiger partial charge on any atom is 0.224 e. The molecule has 2 N–H and O–H groups in total. The number of anilines is 1. The van der Waals surface area contributed by atoms with Crippen molar-refractivity contribution in [2.24, 2.45) is 0 Å². The zero-order valence-electron chi connectivity index (χ0n) is 15.1. The summed E-state index contributed by atoms with van der Waals surface area (Å²) in [6.45, 7) is 1.88. The second-order valence-electron chi connectivity index (χ2n) is 7.28. The third-order valence-corrected chi connectivity index (χ3v) is 7.59. The Bertz CT molecular complexity index is 798. The van der Waals surface area contributed by atoms with E-state index in [0.29, 0.717) is 12.8 Å². The predicted molar refractivity (Wildman–Crippen MR) is 101 cm³/mol. The molecule has 0 bridgehead atoms. The second kappa shape index (κ2) is 7.78. The number of carbonyl (C=O) groups excluding carboxylic acids is 2. The van der Waals surface area contributed by atoms with Gasteiger partial charge in [0.1, 0.15) is 0 Å². The molecule has 142 valence electrons. The van der Waals surface area contributed by atoms with Crippen LogP contribution in [0.3, 0.4) is 0 Å². The van der Waals surface area contributed by atoms with E-state index in [1.54, 1.807) is 0 Å². The lowest BCUT2D eigenvalue weighted by Gasteiger charge is -2.20. The summed E-state index contributed by atoms with van der Waals surface area (Å²) in [7, 11) is -3.17. The average molecular weight is 378 g/mol. The first-order chi connectivity index (χ1) is 12.3. The molecule has 0 aromatic heterocycles. The summed E-state index contributed by atoms with van der Waals surface area (Å²) in [5.74, 6) is -0.299. The summed E-state index contributed by atoms with van der Waals surface area (Å²) in [4.78, 5) is 23.6. The molecule has 26 heavy (non-hydrogen) atoms. The molecule has 1 unspecified atom stereocenters. The minimum atomic E-state index is -3.17. The van der Waals surface area contributed by atoms with Crippen molar-refractivity contribution in [1.29, 1.82) is 0 Å². The molecule has 1 aliphatic carbocycles. The van der Waals surface area contributed by atoms with Gasteiger partial charge >= 0.3 is 0 Å². The van der Waals surface area contributed by atoms with E-state index in [0.717, 1.165) is 42.5 Å². The van der Waals surface area contributed by atoms with Crippen LogP contribution < -0.4 is 10.6 Å². The lowest BCUT2D eigenvalue weighted by Crippen LogP contribution is -2.30. The van der Waals surface area contributed by atoms with Crippen molar-refractivity contribution in [2.75, 3.05) is 11.1 Å². The smallest absolute Gasteiger partial charge is 0.224 e. The molecule has 7 heteroatoms. The van der Waals surface area contributed by atoms with Crippen LogP contribution in [0.5, 0.6) is 0 Å². The third kappa shape index (κ3) is 4.44. The van der Waals surface area contributed by atoms with Gasteiger partial charge in [0.25, 0.3) is 0 Å². The maximum atomic E-state index is 12.3. The maximum absolute atomic E-state index is 12.3. The molecule has 1 aromatic rings. The average Bonchev–Trinajstić information content (AvgIpc) is 3.15. The summed E-state index contributed by atoms with van der Waals surface area (Å²) in [6, 6.07) is 5.52. The first-order valence-electron chi connectivity index (χ1n) is 9.29. The topological polar surface area (TPSA) is 92.3 Å². The molecular formula is C19H26N2O4S. The van der Waals surface area contributed by atoms with Gasteiger partial charge in [0.15, 0.2) is 9.84 Å². The highest BCUT2D eigenvalue weighted by Gasteiger charge is 2.29.